The maximum absolute atomic E-state index is 13.6. The summed E-state index contributed by atoms with van der Waals surface area (Å²) in [5.74, 6) is -0.359. The number of alkyl halides is 3. The number of aliphatic imine (C=N–C) groups is 1. The fraction of sp³-hybridized carbons (Fsp3) is 0.379. The molecule has 0 spiro atoms. The summed E-state index contributed by atoms with van der Waals surface area (Å²) >= 11 is 7.07. The number of halogens is 4. The monoisotopic (exact) mass is 619 g/mol. The SMILES string of the molecule is CN(C1=NC(=O)C(=Cc2ccc3c(cnn3Cc3ccc(Cl)cc3C(F)(F)F)c2)S1)C1CCN(C(=O)OC(C)(C)C)C1. The average molecular weight is 620 g/mol. The van der Waals surface area contributed by atoms with Crippen LogP contribution in [-0.2, 0) is 22.3 Å². The number of likely N-dealkylation sites (tertiary alicyclic amines) is 1. The standard InChI is InChI=1S/C29H29ClF3N5O3S/c1-28(2,3)41-27(40)37-10-9-21(16-37)36(4)26-35-25(39)24(42-26)12-17-5-8-23-19(11-17)14-34-38(23)15-18-6-7-20(30)13-22(18)29(31,32)33/h5-8,11-14,21H,9-10,15-16H2,1-4H3. The van der Waals surface area contributed by atoms with Crippen LogP contribution in [0.2, 0.25) is 5.02 Å². The third-order valence-corrected chi connectivity index (χ3v) is 8.24. The van der Waals surface area contributed by atoms with E-state index in [1.807, 2.05) is 38.8 Å². The Bertz CT molecular complexity index is 1610. The van der Waals surface area contributed by atoms with E-state index in [0.717, 1.165) is 18.1 Å². The summed E-state index contributed by atoms with van der Waals surface area (Å²) in [6.07, 6.45) is -0.863. The minimum Gasteiger partial charge on any atom is -0.444 e. The zero-order chi connectivity index (χ0) is 30.4. The van der Waals surface area contributed by atoms with Crippen LogP contribution in [0, 0.1) is 0 Å². The molecule has 1 atom stereocenters. The molecular weight excluding hydrogens is 591 g/mol. The van der Waals surface area contributed by atoms with Gasteiger partial charge in [0.25, 0.3) is 5.91 Å². The summed E-state index contributed by atoms with van der Waals surface area (Å²) in [6.45, 7) is 6.42. The van der Waals surface area contributed by atoms with Gasteiger partial charge in [-0.2, -0.15) is 23.3 Å². The fourth-order valence-electron chi connectivity index (χ4n) is 4.84. The van der Waals surface area contributed by atoms with Crippen LogP contribution in [0.1, 0.15) is 43.9 Å². The summed E-state index contributed by atoms with van der Waals surface area (Å²) in [7, 11) is 1.86. The number of fused-ring (bicyclic) bond motifs is 1. The highest BCUT2D eigenvalue weighted by molar-refractivity contribution is 8.18. The zero-order valence-corrected chi connectivity index (χ0v) is 25.0. The first-order chi connectivity index (χ1) is 19.7. The summed E-state index contributed by atoms with van der Waals surface area (Å²) in [5.41, 5.74) is 0.0664. The molecule has 0 saturated carbocycles. The number of benzene rings is 2. The number of likely N-dealkylation sites (N-methyl/N-ethyl adjacent to an activating group) is 1. The quantitative estimate of drug-likeness (QED) is 0.304. The number of amidine groups is 1. The van der Waals surface area contributed by atoms with Crippen molar-refractivity contribution in [2.24, 2.45) is 4.99 Å². The molecule has 0 aliphatic carbocycles. The number of carbonyl (C=O) groups excluding carboxylic acids is 2. The number of hydrogen-bond acceptors (Lipinski definition) is 6. The molecular formula is C29H29ClF3N5O3S. The van der Waals surface area contributed by atoms with E-state index in [-0.39, 0.29) is 35.2 Å². The highest BCUT2D eigenvalue weighted by atomic mass is 35.5. The molecule has 1 saturated heterocycles. The van der Waals surface area contributed by atoms with E-state index in [1.54, 1.807) is 29.3 Å². The van der Waals surface area contributed by atoms with Crippen LogP contribution >= 0.6 is 23.4 Å². The van der Waals surface area contributed by atoms with Crippen molar-refractivity contribution >= 4 is 57.5 Å². The Morgan fingerprint density at radius 1 is 1.21 bits per heavy atom. The number of carbonyl (C=O) groups is 2. The summed E-state index contributed by atoms with van der Waals surface area (Å²) in [5, 5.41) is 5.58. The average Bonchev–Trinajstić information content (AvgIpc) is 3.62. The molecule has 2 aliphatic heterocycles. The minimum atomic E-state index is -4.54. The normalized spacial score (nSPS) is 18.7. The molecule has 1 aromatic heterocycles. The summed E-state index contributed by atoms with van der Waals surface area (Å²) < 4.78 is 47.7. The lowest BCUT2D eigenvalue weighted by Crippen LogP contribution is -2.40. The predicted molar refractivity (Wildman–Crippen MR) is 157 cm³/mol. The third kappa shape index (κ3) is 6.59. The maximum Gasteiger partial charge on any atom is 0.416 e. The molecule has 3 heterocycles. The van der Waals surface area contributed by atoms with Crippen molar-refractivity contribution in [2.45, 2.75) is 51.6 Å². The van der Waals surface area contributed by atoms with Gasteiger partial charge in [-0.15, -0.1) is 0 Å². The van der Waals surface area contributed by atoms with Crippen LogP contribution in [0.5, 0.6) is 0 Å². The van der Waals surface area contributed by atoms with E-state index in [0.29, 0.717) is 34.1 Å². The first-order valence-electron chi connectivity index (χ1n) is 13.2. The number of rotatable bonds is 4. The number of hydrogen-bond donors (Lipinski definition) is 0. The van der Waals surface area contributed by atoms with Gasteiger partial charge in [0.05, 0.1) is 28.7 Å². The van der Waals surface area contributed by atoms with E-state index < -0.39 is 17.3 Å². The van der Waals surface area contributed by atoms with Gasteiger partial charge < -0.3 is 14.5 Å². The minimum absolute atomic E-state index is 0.00314. The number of ether oxygens (including phenoxy) is 1. The van der Waals surface area contributed by atoms with Crippen LogP contribution in [0.3, 0.4) is 0 Å². The van der Waals surface area contributed by atoms with Gasteiger partial charge >= 0.3 is 12.3 Å². The van der Waals surface area contributed by atoms with Crippen molar-refractivity contribution in [3.05, 3.63) is 69.2 Å². The fourth-order valence-corrected chi connectivity index (χ4v) is 5.96. The van der Waals surface area contributed by atoms with Crippen LogP contribution < -0.4 is 0 Å². The Morgan fingerprint density at radius 3 is 2.69 bits per heavy atom. The van der Waals surface area contributed by atoms with E-state index in [4.69, 9.17) is 16.3 Å². The van der Waals surface area contributed by atoms with Crippen molar-refractivity contribution in [3.8, 4) is 0 Å². The number of thioether (sulfide) groups is 1. The van der Waals surface area contributed by atoms with Crippen molar-refractivity contribution in [3.63, 3.8) is 0 Å². The van der Waals surface area contributed by atoms with Crippen molar-refractivity contribution < 1.29 is 27.5 Å². The second kappa shape index (κ2) is 11.3. The molecule has 2 amide bonds. The van der Waals surface area contributed by atoms with E-state index in [1.165, 1.54) is 28.6 Å². The van der Waals surface area contributed by atoms with E-state index in [9.17, 15) is 22.8 Å². The molecule has 222 valence electrons. The first kappa shape index (κ1) is 30.0. The number of aromatic nitrogens is 2. The van der Waals surface area contributed by atoms with Gasteiger partial charge in [-0.05, 0) is 80.4 Å². The maximum atomic E-state index is 13.6. The predicted octanol–water partition coefficient (Wildman–Crippen LogP) is 6.67. The molecule has 0 radical (unpaired) electrons. The van der Waals surface area contributed by atoms with Gasteiger partial charge in [-0.3, -0.25) is 9.48 Å². The Labute approximate surface area is 250 Å². The van der Waals surface area contributed by atoms with Gasteiger partial charge in [0.2, 0.25) is 0 Å². The molecule has 0 bridgehead atoms. The van der Waals surface area contributed by atoms with Gasteiger partial charge in [0, 0.05) is 36.6 Å². The largest absolute Gasteiger partial charge is 0.444 e. The topological polar surface area (TPSA) is 80.0 Å². The van der Waals surface area contributed by atoms with Crippen LogP contribution in [-0.4, -0.2) is 68.5 Å². The molecule has 2 aliphatic rings. The van der Waals surface area contributed by atoms with Crippen LogP contribution in [0.4, 0.5) is 18.0 Å². The number of amides is 2. The summed E-state index contributed by atoms with van der Waals surface area (Å²) in [6, 6.07) is 9.07. The lowest BCUT2D eigenvalue weighted by Gasteiger charge is -2.27. The molecule has 8 nitrogen and oxygen atoms in total. The second-order valence-corrected chi connectivity index (χ2v) is 12.7. The molecule has 13 heteroatoms. The van der Waals surface area contributed by atoms with E-state index >= 15 is 0 Å². The van der Waals surface area contributed by atoms with Crippen molar-refractivity contribution in [1.82, 2.24) is 19.6 Å². The first-order valence-corrected chi connectivity index (χ1v) is 14.4. The highest BCUT2D eigenvalue weighted by Crippen LogP contribution is 2.35. The van der Waals surface area contributed by atoms with Crippen molar-refractivity contribution in [2.75, 3.05) is 20.1 Å². The molecule has 42 heavy (non-hydrogen) atoms. The Balaban J connectivity index is 1.27. The molecule has 1 fully saturated rings. The Morgan fingerprint density at radius 2 is 1.98 bits per heavy atom. The molecule has 5 rings (SSSR count). The van der Waals surface area contributed by atoms with Crippen LogP contribution in [0.15, 0.2) is 52.5 Å². The number of nitrogens with zero attached hydrogens (tertiary/aromatic N) is 5. The van der Waals surface area contributed by atoms with Crippen LogP contribution in [0.25, 0.3) is 17.0 Å². The van der Waals surface area contributed by atoms with Gasteiger partial charge in [0.1, 0.15) is 5.60 Å². The third-order valence-electron chi connectivity index (χ3n) is 6.93. The Hall–Kier alpha value is -3.51. The van der Waals surface area contributed by atoms with Crippen molar-refractivity contribution in [1.29, 1.82) is 0 Å². The molecule has 0 N–H and O–H groups in total. The smallest absolute Gasteiger partial charge is 0.416 e. The van der Waals surface area contributed by atoms with E-state index in [2.05, 4.69) is 10.1 Å². The lowest BCUT2D eigenvalue weighted by molar-refractivity contribution is -0.138. The van der Waals surface area contributed by atoms with Gasteiger partial charge in [0.15, 0.2) is 5.17 Å². The molecule has 2 aromatic carbocycles. The zero-order valence-electron chi connectivity index (χ0n) is 23.4. The second-order valence-electron chi connectivity index (χ2n) is 11.2. The molecule has 1 unspecified atom stereocenters. The highest BCUT2D eigenvalue weighted by Gasteiger charge is 2.36. The summed E-state index contributed by atoms with van der Waals surface area (Å²) in [4.78, 5) is 33.4. The lowest BCUT2D eigenvalue weighted by atomic mass is 10.1. The van der Waals surface area contributed by atoms with Gasteiger partial charge in [-0.1, -0.05) is 23.7 Å². The van der Waals surface area contributed by atoms with Gasteiger partial charge in [-0.25, -0.2) is 4.79 Å². The Kier molecular flexibility index (Phi) is 8.06. The molecule has 3 aromatic rings.